The normalized spacial score (nSPS) is 11.6. The highest BCUT2D eigenvalue weighted by Crippen LogP contribution is 2.27. The van der Waals surface area contributed by atoms with E-state index in [4.69, 9.17) is 0 Å². The minimum absolute atomic E-state index is 0.210. The van der Waals surface area contributed by atoms with E-state index in [1.165, 1.54) is 29.1 Å². The van der Waals surface area contributed by atoms with Crippen molar-refractivity contribution in [3.63, 3.8) is 0 Å². The van der Waals surface area contributed by atoms with Gasteiger partial charge in [-0.05, 0) is 45.8 Å². The van der Waals surface area contributed by atoms with Crippen LogP contribution in [0.15, 0.2) is 56.8 Å². The molecule has 9 heteroatoms. The average molecular weight is 416 g/mol. The maximum atomic E-state index is 13.2. The van der Waals surface area contributed by atoms with E-state index < -0.39 is 10.0 Å². The number of benzene rings is 1. The molecule has 0 bridgehead atoms. The van der Waals surface area contributed by atoms with Gasteiger partial charge in [0.05, 0.1) is 22.2 Å². The maximum absolute atomic E-state index is 13.2. The zero-order valence-electron chi connectivity index (χ0n) is 11.6. The van der Waals surface area contributed by atoms with E-state index >= 15 is 0 Å². The molecular formula is C14H11BrFN3O2S2. The van der Waals surface area contributed by atoms with Crippen LogP contribution in [-0.4, -0.2) is 18.2 Å². The Balaban J connectivity index is 1.74. The lowest BCUT2D eigenvalue weighted by molar-refractivity contribution is 0.603. The highest BCUT2D eigenvalue weighted by atomic mass is 79.9. The Morgan fingerprint density at radius 3 is 2.83 bits per heavy atom. The third-order valence-corrected chi connectivity index (χ3v) is 6.43. The summed E-state index contributed by atoms with van der Waals surface area (Å²) in [5.41, 5.74) is 1.09. The van der Waals surface area contributed by atoms with E-state index in [0.717, 1.165) is 20.7 Å². The van der Waals surface area contributed by atoms with E-state index in [-0.39, 0.29) is 10.0 Å². The fourth-order valence-electron chi connectivity index (χ4n) is 1.97. The topological polar surface area (TPSA) is 64.0 Å². The van der Waals surface area contributed by atoms with Crippen LogP contribution in [0.5, 0.6) is 0 Å². The van der Waals surface area contributed by atoms with Crippen molar-refractivity contribution in [2.45, 2.75) is 10.8 Å². The molecule has 3 aromatic rings. The standard InChI is InChI=1S/C14H11BrFN3O2S2/c15-13-4-5-14(22-13)23(20,21)18-12-7-17-19(9-12)8-10-2-1-3-11(16)6-10/h1-7,9,18H,8H2. The number of sulfonamides is 1. The summed E-state index contributed by atoms with van der Waals surface area (Å²) < 4.78 is 42.6. The van der Waals surface area contributed by atoms with Gasteiger partial charge in [0.2, 0.25) is 0 Å². The molecule has 0 saturated heterocycles. The molecular weight excluding hydrogens is 405 g/mol. The minimum atomic E-state index is -3.63. The lowest BCUT2D eigenvalue weighted by Crippen LogP contribution is -2.10. The van der Waals surface area contributed by atoms with Crippen molar-refractivity contribution in [1.82, 2.24) is 9.78 Å². The third-order valence-electron chi connectivity index (χ3n) is 2.93. The van der Waals surface area contributed by atoms with Gasteiger partial charge >= 0.3 is 0 Å². The second-order valence-electron chi connectivity index (χ2n) is 4.72. The number of anilines is 1. The highest BCUT2D eigenvalue weighted by Gasteiger charge is 2.17. The molecule has 0 amide bonds. The summed E-state index contributed by atoms with van der Waals surface area (Å²) in [5, 5.41) is 4.09. The monoisotopic (exact) mass is 415 g/mol. The number of nitrogens with zero attached hydrogens (tertiary/aromatic N) is 2. The summed E-state index contributed by atoms with van der Waals surface area (Å²) in [5.74, 6) is -0.321. The number of hydrogen-bond donors (Lipinski definition) is 1. The fraction of sp³-hybridized carbons (Fsp3) is 0.0714. The molecule has 3 rings (SSSR count). The molecule has 2 heterocycles. The first kappa shape index (κ1) is 16.2. The van der Waals surface area contributed by atoms with E-state index in [2.05, 4.69) is 25.8 Å². The molecule has 120 valence electrons. The molecule has 1 aromatic carbocycles. The van der Waals surface area contributed by atoms with Crippen LogP contribution >= 0.6 is 27.3 Å². The van der Waals surface area contributed by atoms with Crippen LogP contribution in [0.1, 0.15) is 5.56 Å². The quantitative estimate of drug-likeness (QED) is 0.690. The molecule has 0 aliphatic rings. The molecule has 0 unspecified atom stereocenters. The first-order chi connectivity index (χ1) is 10.9. The molecule has 0 saturated carbocycles. The third kappa shape index (κ3) is 3.98. The Bertz CT molecular complexity index is 937. The van der Waals surface area contributed by atoms with Gasteiger partial charge in [0.25, 0.3) is 10.0 Å². The summed E-state index contributed by atoms with van der Waals surface area (Å²) in [7, 11) is -3.63. The Morgan fingerprint density at radius 1 is 1.30 bits per heavy atom. The number of hydrogen-bond acceptors (Lipinski definition) is 4. The Hall–Kier alpha value is -1.71. The first-order valence-corrected chi connectivity index (χ1v) is 9.57. The number of thiophene rings is 1. The predicted octanol–water partition coefficient (Wildman–Crippen LogP) is 3.70. The molecule has 23 heavy (non-hydrogen) atoms. The van der Waals surface area contributed by atoms with Crippen LogP contribution in [0.2, 0.25) is 0 Å². The average Bonchev–Trinajstić information content (AvgIpc) is 3.08. The van der Waals surface area contributed by atoms with Gasteiger partial charge in [-0.25, -0.2) is 12.8 Å². The SMILES string of the molecule is O=S(=O)(Nc1cnn(Cc2cccc(F)c2)c1)c1ccc(Br)s1. The first-order valence-electron chi connectivity index (χ1n) is 6.47. The minimum Gasteiger partial charge on any atom is -0.276 e. The van der Waals surface area contributed by atoms with Gasteiger partial charge in [0, 0.05) is 6.20 Å². The zero-order valence-corrected chi connectivity index (χ0v) is 14.8. The second kappa shape index (κ2) is 6.42. The summed E-state index contributed by atoms with van der Waals surface area (Å²) in [6, 6.07) is 9.37. The van der Waals surface area contributed by atoms with E-state index in [9.17, 15) is 12.8 Å². The van der Waals surface area contributed by atoms with Crippen LogP contribution in [0.3, 0.4) is 0 Å². The van der Waals surface area contributed by atoms with Crippen molar-refractivity contribution < 1.29 is 12.8 Å². The summed E-state index contributed by atoms with van der Waals surface area (Å²) in [6.45, 7) is 0.351. The van der Waals surface area contributed by atoms with Gasteiger partial charge < -0.3 is 0 Å². The second-order valence-corrected chi connectivity index (χ2v) is 9.09. The summed E-state index contributed by atoms with van der Waals surface area (Å²) in [6.07, 6.45) is 2.98. The molecule has 0 radical (unpaired) electrons. The zero-order chi connectivity index (χ0) is 16.4. The number of nitrogens with one attached hydrogen (secondary N) is 1. The molecule has 0 aliphatic heterocycles. The summed E-state index contributed by atoms with van der Waals surface area (Å²) >= 11 is 4.36. The van der Waals surface area contributed by atoms with Crippen molar-refractivity contribution in [1.29, 1.82) is 0 Å². The van der Waals surface area contributed by atoms with Gasteiger partial charge in [0.1, 0.15) is 10.0 Å². The maximum Gasteiger partial charge on any atom is 0.271 e. The lowest BCUT2D eigenvalue weighted by atomic mass is 10.2. The van der Waals surface area contributed by atoms with E-state index in [0.29, 0.717) is 12.2 Å². The van der Waals surface area contributed by atoms with Gasteiger partial charge in [-0.1, -0.05) is 12.1 Å². The van der Waals surface area contributed by atoms with Crippen LogP contribution in [0.25, 0.3) is 0 Å². The van der Waals surface area contributed by atoms with Gasteiger partial charge in [-0.3, -0.25) is 9.40 Å². The highest BCUT2D eigenvalue weighted by molar-refractivity contribution is 9.11. The van der Waals surface area contributed by atoms with Crippen molar-refractivity contribution >= 4 is 43.0 Å². The van der Waals surface area contributed by atoms with Crippen molar-refractivity contribution in [2.24, 2.45) is 0 Å². The fourth-order valence-corrected chi connectivity index (χ4v) is 5.01. The largest absolute Gasteiger partial charge is 0.276 e. The van der Waals surface area contributed by atoms with E-state index in [1.807, 2.05) is 0 Å². The predicted molar refractivity (Wildman–Crippen MR) is 90.6 cm³/mol. The van der Waals surface area contributed by atoms with Crippen molar-refractivity contribution in [3.8, 4) is 0 Å². The molecule has 0 fully saturated rings. The Labute approximate surface area is 145 Å². The van der Waals surface area contributed by atoms with E-state index in [1.54, 1.807) is 24.4 Å². The van der Waals surface area contributed by atoms with Gasteiger partial charge in [-0.2, -0.15) is 5.10 Å². The smallest absolute Gasteiger partial charge is 0.271 e. The van der Waals surface area contributed by atoms with Crippen LogP contribution in [0, 0.1) is 5.82 Å². The number of rotatable bonds is 5. The van der Waals surface area contributed by atoms with Crippen molar-refractivity contribution in [3.05, 3.63) is 64.0 Å². The number of aromatic nitrogens is 2. The van der Waals surface area contributed by atoms with Crippen LogP contribution < -0.4 is 4.72 Å². The van der Waals surface area contributed by atoms with Crippen LogP contribution in [-0.2, 0) is 16.6 Å². The van der Waals surface area contributed by atoms with Crippen LogP contribution in [0.4, 0.5) is 10.1 Å². The van der Waals surface area contributed by atoms with Gasteiger partial charge in [0.15, 0.2) is 0 Å². The molecule has 2 aromatic heterocycles. The molecule has 1 N–H and O–H groups in total. The van der Waals surface area contributed by atoms with Crippen molar-refractivity contribution in [2.75, 3.05) is 4.72 Å². The Morgan fingerprint density at radius 2 is 2.13 bits per heavy atom. The molecule has 0 aliphatic carbocycles. The Kier molecular flexibility index (Phi) is 4.51. The number of halogens is 2. The lowest BCUT2D eigenvalue weighted by Gasteiger charge is -2.03. The van der Waals surface area contributed by atoms with Gasteiger partial charge in [-0.15, -0.1) is 11.3 Å². The molecule has 0 spiro atoms. The molecule has 0 atom stereocenters. The molecule has 5 nitrogen and oxygen atoms in total. The summed E-state index contributed by atoms with van der Waals surface area (Å²) in [4.78, 5) is 0.